The Morgan fingerprint density at radius 2 is 2.19 bits per heavy atom. The lowest BCUT2D eigenvalue weighted by molar-refractivity contribution is 0.0270. The molecule has 2 aliphatic rings. The third-order valence-corrected chi connectivity index (χ3v) is 4.62. The predicted molar refractivity (Wildman–Crippen MR) is 103 cm³/mol. The van der Waals surface area contributed by atoms with Crippen molar-refractivity contribution in [2.45, 2.75) is 52.2 Å². The van der Waals surface area contributed by atoms with Gasteiger partial charge in [-0.15, -0.1) is 6.42 Å². The van der Waals surface area contributed by atoms with Crippen molar-refractivity contribution in [2.75, 3.05) is 18.8 Å². The molecular weight excluding hydrogens is 328 g/mol. The van der Waals surface area contributed by atoms with Gasteiger partial charge < -0.3 is 20.1 Å². The molecule has 0 unspecified atom stereocenters. The van der Waals surface area contributed by atoms with Crippen molar-refractivity contribution in [1.82, 2.24) is 4.90 Å². The second kappa shape index (κ2) is 6.60. The number of carbonyl (C=O) groups is 1. The van der Waals surface area contributed by atoms with E-state index in [1.807, 2.05) is 26.8 Å². The highest BCUT2D eigenvalue weighted by atomic mass is 16.6. The van der Waals surface area contributed by atoms with E-state index in [0.717, 1.165) is 23.1 Å². The first kappa shape index (κ1) is 18.2. The van der Waals surface area contributed by atoms with Gasteiger partial charge in [-0.25, -0.2) is 4.79 Å². The second-order valence-electron chi connectivity index (χ2n) is 7.85. The quantitative estimate of drug-likeness (QED) is 0.619. The number of nitrogens with zero attached hydrogens (tertiary/aromatic N) is 1. The van der Waals surface area contributed by atoms with Crippen LogP contribution >= 0.6 is 0 Å². The van der Waals surface area contributed by atoms with Crippen LogP contribution in [0.5, 0.6) is 5.75 Å². The van der Waals surface area contributed by atoms with Crippen molar-refractivity contribution in [3.63, 3.8) is 0 Å². The van der Waals surface area contributed by atoms with Gasteiger partial charge in [0.05, 0.1) is 5.69 Å². The van der Waals surface area contributed by atoms with E-state index in [-0.39, 0.29) is 12.2 Å². The standard InChI is InChI=1S/C21H26N2O3/c1-6-15-12-16-18(13(2)11-17(22)19(16)25-15)14-7-9-23(10-8-14)20(24)26-21(3,4)5/h1,7,11,15H,8-10,12,22H2,2-5H3/t15-/m1/s1. The number of anilines is 1. The molecular formula is C21H26N2O3. The molecule has 0 radical (unpaired) electrons. The molecule has 0 aromatic heterocycles. The Morgan fingerprint density at radius 1 is 1.46 bits per heavy atom. The van der Waals surface area contributed by atoms with Gasteiger partial charge in [-0.2, -0.15) is 0 Å². The molecule has 1 aromatic carbocycles. The lowest BCUT2D eigenvalue weighted by atomic mass is 9.89. The number of hydrogen-bond donors (Lipinski definition) is 1. The molecule has 5 heteroatoms. The van der Waals surface area contributed by atoms with Crippen LogP contribution in [0.25, 0.3) is 5.57 Å². The lowest BCUT2D eigenvalue weighted by Crippen LogP contribution is -2.39. The molecule has 0 saturated heterocycles. The van der Waals surface area contributed by atoms with E-state index in [1.54, 1.807) is 4.90 Å². The van der Waals surface area contributed by atoms with Crippen LogP contribution < -0.4 is 10.5 Å². The van der Waals surface area contributed by atoms with Crippen molar-refractivity contribution < 1.29 is 14.3 Å². The summed E-state index contributed by atoms with van der Waals surface area (Å²) in [6, 6.07) is 1.94. The predicted octanol–water partition coefficient (Wildman–Crippen LogP) is 3.54. The summed E-state index contributed by atoms with van der Waals surface area (Å²) in [7, 11) is 0. The van der Waals surface area contributed by atoms with E-state index >= 15 is 0 Å². The molecule has 26 heavy (non-hydrogen) atoms. The number of hydrogen-bond acceptors (Lipinski definition) is 4. The third kappa shape index (κ3) is 3.50. The summed E-state index contributed by atoms with van der Waals surface area (Å²) in [5.41, 5.74) is 10.8. The molecule has 0 aliphatic carbocycles. The largest absolute Gasteiger partial charge is 0.475 e. The lowest BCUT2D eigenvalue weighted by Gasteiger charge is -2.30. The maximum absolute atomic E-state index is 12.3. The van der Waals surface area contributed by atoms with Crippen LogP contribution in [-0.4, -0.2) is 35.8 Å². The topological polar surface area (TPSA) is 64.8 Å². The Kier molecular flexibility index (Phi) is 4.62. The minimum absolute atomic E-state index is 0.268. The average molecular weight is 354 g/mol. The zero-order chi connectivity index (χ0) is 19.1. The number of ether oxygens (including phenoxy) is 2. The van der Waals surface area contributed by atoms with Crippen LogP contribution in [0.3, 0.4) is 0 Å². The van der Waals surface area contributed by atoms with Gasteiger partial charge in [0, 0.05) is 25.1 Å². The van der Waals surface area contributed by atoms with Crippen LogP contribution in [0, 0.1) is 19.3 Å². The normalized spacial score (nSPS) is 19.3. The smallest absolute Gasteiger partial charge is 0.410 e. The van der Waals surface area contributed by atoms with Crippen LogP contribution in [-0.2, 0) is 11.2 Å². The molecule has 0 saturated carbocycles. The fourth-order valence-electron chi connectivity index (χ4n) is 3.53. The highest BCUT2D eigenvalue weighted by Gasteiger charge is 2.30. The van der Waals surface area contributed by atoms with Gasteiger partial charge in [-0.1, -0.05) is 12.0 Å². The third-order valence-electron chi connectivity index (χ3n) is 4.62. The van der Waals surface area contributed by atoms with E-state index < -0.39 is 5.60 Å². The summed E-state index contributed by atoms with van der Waals surface area (Å²) >= 11 is 0. The fraction of sp³-hybridized carbons (Fsp3) is 0.476. The monoisotopic (exact) mass is 354 g/mol. The number of nitrogen functional groups attached to an aromatic ring is 1. The van der Waals surface area contributed by atoms with Crippen molar-refractivity contribution in [1.29, 1.82) is 0 Å². The van der Waals surface area contributed by atoms with Crippen LogP contribution in [0.2, 0.25) is 0 Å². The number of amides is 1. The molecule has 0 spiro atoms. The van der Waals surface area contributed by atoms with E-state index in [0.29, 0.717) is 30.9 Å². The van der Waals surface area contributed by atoms with E-state index in [1.165, 1.54) is 5.57 Å². The molecule has 2 aliphatic heterocycles. The van der Waals surface area contributed by atoms with Gasteiger partial charge in [-0.05, 0) is 56.9 Å². The first-order valence-corrected chi connectivity index (χ1v) is 8.91. The highest BCUT2D eigenvalue weighted by molar-refractivity contribution is 5.80. The van der Waals surface area contributed by atoms with E-state index in [9.17, 15) is 4.79 Å². The molecule has 0 fully saturated rings. The van der Waals surface area contributed by atoms with Gasteiger partial charge in [-0.3, -0.25) is 0 Å². The Morgan fingerprint density at radius 3 is 2.77 bits per heavy atom. The number of carbonyl (C=O) groups excluding carboxylic acids is 1. The number of benzene rings is 1. The SMILES string of the molecule is C#C[C@@H]1Cc2c(c(N)cc(C)c2C2=CCN(C(=O)OC(C)(C)C)CC2)O1. The van der Waals surface area contributed by atoms with Crippen molar-refractivity contribution in [3.8, 4) is 18.1 Å². The summed E-state index contributed by atoms with van der Waals surface area (Å²) < 4.78 is 11.3. The highest BCUT2D eigenvalue weighted by Crippen LogP contribution is 2.42. The molecule has 3 rings (SSSR count). The van der Waals surface area contributed by atoms with Gasteiger partial charge in [0.2, 0.25) is 0 Å². The zero-order valence-electron chi connectivity index (χ0n) is 15.9. The van der Waals surface area contributed by atoms with Gasteiger partial charge in [0.15, 0.2) is 6.10 Å². The summed E-state index contributed by atoms with van der Waals surface area (Å²) in [6.45, 7) is 8.83. The molecule has 1 atom stereocenters. The van der Waals surface area contributed by atoms with Crippen LogP contribution in [0.4, 0.5) is 10.5 Å². The number of fused-ring (bicyclic) bond motifs is 1. The molecule has 2 heterocycles. The summed E-state index contributed by atoms with van der Waals surface area (Å²) in [5.74, 6) is 3.38. The van der Waals surface area contributed by atoms with Crippen LogP contribution in [0.15, 0.2) is 12.1 Å². The molecule has 5 nitrogen and oxygen atoms in total. The maximum Gasteiger partial charge on any atom is 0.410 e. The van der Waals surface area contributed by atoms with E-state index in [2.05, 4.69) is 18.9 Å². The molecule has 2 N–H and O–H groups in total. The summed E-state index contributed by atoms with van der Waals surface area (Å²) in [6.07, 6.45) is 8.52. The van der Waals surface area contributed by atoms with Gasteiger partial charge >= 0.3 is 6.09 Å². The number of nitrogens with two attached hydrogens (primary N) is 1. The average Bonchev–Trinajstić information content (AvgIpc) is 2.98. The van der Waals surface area contributed by atoms with Crippen molar-refractivity contribution in [2.24, 2.45) is 0 Å². The molecule has 138 valence electrons. The summed E-state index contributed by atoms with van der Waals surface area (Å²) in [4.78, 5) is 14.0. The fourth-order valence-corrected chi connectivity index (χ4v) is 3.53. The number of aryl methyl sites for hydroxylation is 1. The minimum atomic E-state index is -0.489. The Bertz CT molecular complexity index is 812. The zero-order valence-corrected chi connectivity index (χ0v) is 15.9. The Labute approximate surface area is 155 Å². The number of rotatable bonds is 1. The first-order chi connectivity index (χ1) is 12.2. The summed E-state index contributed by atoms with van der Waals surface area (Å²) in [5, 5.41) is 0. The molecule has 1 aromatic rings. The maximum atomic E-state index is 12.3. The van der Waals surface area contributed by atoms with Gasteiger partial charge in [0.25, 0.3) is 0 Å². The number of terminal acetylenes is 1. The Hall–Kier alpha value is -2.61. The van der Waals surface area contributed by atoms with E-state index in [4.69, 9.17) is 21.6 Å². The van der Waals surface area contributed by atoms with Gasteiger partial charge in [0.1, 0.15) is 11.4 Å². The second-order valence-corrected chi connectivity index (χ2v) is 7.85. The van der Waals surface area contributed by atoms with Crippen LogP contribution in [0.1, 0.15) is 43.9 Å². The van der Waals surface area contributed by atoms with Crippen molar-refractivity contribution >= 4 is 17.4 Å². The molecule has 0 bridgehead atoms. The minimum Gasteiger partial charge on any atom is -0.475 e. The Balaban J connectivity index is 1.85. The first-order valence-electron chi connectivity index (χ1n) is 8.91. The molecule has 1 amide bonds. The van der Waals surface area contributed by atoms with Crippen molar-refractivity contribution in [3.05, 3.63) is 28.8 Å².